The molecule has 0 fully saturated rings. The molecule has 1 aromatic heterocycles. The van der Waals surface area contributed by atoms with Crippen LogP contribution in [0.4, 0.5) is 0 Å². The maximum atomic E-state index is 9.32. The molecule has 1 heterocycles. The van der Waals surface area contributed by atoms with Crippen molar-refractivity contribution < 1.29 is 14.3 Å². The van der Waals surface area contributed by atoms with Crippen LogP contribution in [0.3, 0.4) is 0 Å². The number of hydrogen-bond donors (Lipinski definition) is 1. The summed E-state index contributed by atoms with van der Waals surface area (Å²) in [6.45, 7) is 0.450. The highest BCUT2D eigenvalue weighted by Gasteiger charge is 2.12. The lowest BCUT2D eigenvalue weighted by molar-refractivity contribution is 0.158. The van der Waals surface area contributed by atoms with Crippen LogP contribution in [0.25, 0.3) is 0 Å². The molecule has 0 bridgehead atoms. The molecule has 0 saturated carbocycles. The van der Waals surface area contributed by atoms with Gasteiger partial charge in [0.2, 0.25) is 0 Å². The summed E-state index contributed by atoms with van der Waals surface area (Å²) in [5, 5.41) is 9.89. The molecule has 0 aliphatic rings. The third-order valence-electron chi connectivity index (χ3n) is 2.64. The van der Waals surface area contributed by atoms with Gasteiger partial charge in [0.15, 0.2) is 0 Å². The van der Waals surface area contributed by atoms with E-state index in [2.05, 4.69) is 0 Å². The first-order valence-corrected chi connectivity index (χ1v) is 6.18. The van der Waals surface area contributed by atoms with Crippen molar-refractivity contribution in [2.24, 2.45) is 5.92 Å². The molecule has 1 aromatic carbocycles. The van der Waals surface area contributed by atoms with Crippen LogP contribution >= 0.6 is 11.6 Å². The lowest BCUT2D eigenvalue weighted by Gasteiger charge is -2.14. The molecule has 0 aliphatic carbocycles. The SMILES string of the molecule is OCC(COc1ccccc1Cl)Cc1ccco1. The van der Waals surface area contributed by atoms with E-state index >= 15 is 0 Å². The minimum Gasteiger partial charge on any atom is -0.492 e. The van der Waals surface area contributed by atoms with Gasteiger partial charge in [0, 0.05) is 18.9 Å². The normalized spacial score (nSPS) is 12.3. The average molecular weight is 267 g/mol. The number of para-hydroxylation sites is 1. The molecule has 1 atom stereocenters. The molecule has 0 aliphatic heterocycles. The van der Waals surface area contributed by atoms with Gasteiger partial charge in [-0.1, -0.05) is 23.7 Å². The Kier molecular flexibility index (Phi) is 4.67. The Balaban J connectivity index is 1.89. The summed E-state index contributed by atoms with van der Waals surface area (Å²) in [6, 6.07) is 11.0. The van der Waals surface area contributed by atoms with Crippen LogP contribution in [-0.2, 0) is 6.42 Å². The molecule has 4 heteroatoms. The van der Waals surface area contributed by atoms with E-state index in [0.717, 1.165) is 5.76 Å². The van der Waals surface area contributed by atoms with Gasteiger partial charge in [-0.15, -0.1) is 0 Å². The van der Waals surface area contributed by atoms with Crippen LogP contribution in [0.5, 0.6) is 5.75 Å². The molecular formula is C14H15ClO3. The molecule has 0 amide bonds. The third kappa shape index (κ3) is 3.52. The molecule has 18 heavy (non-hydrogen) atoms. The van der Waals surface area contributed by atoms with Crippen molar-refractivity contribution in [3.8, 4) is 5.75 Å². The van der Waals surface area contributed by atoms with Gasteiger partial charge >= 0.3 is 0 Å². The van der Waals surface area contributed by atoms with E-state index in [0.29, 0.717) is 23.8 Å². The fourth-order valence-electron chi connectivity index (χ4n) is 1.66. The van der Waals surface area contributed by atoms with Crippen LogP contribution in [0.15, 0.2) is 47.1 Å². The van der Waals surface area contributed by atoms with Gasteiger partial charge in [-0.2, -0.15) is 0 Å². The van der Waals surface area contributed by atoms with Gasteiger partial charge < -0.3 is 14.3 Å². The summed E-state index contributed by atoms with van der Waals surface area (Å²) in [5.74, 6) is 1.47. The van der Waals surface area contributed by atoms with Crippen molar-refractivity contribution >= 4 is 11.6 Å². The van der Waals surface area contributed by atoms with Gasteiger partial charge in [-0.3, -0.25) is 0 Å². The Morgan fingerprint density at radius 1 is 1.22 bits per heavy atom. The molecule has 0 spiro atoms. The summed E-state index contributed by atoms with van der Waals surface area (Å²) in [4.78, 5) is 0. The number of ether oxygens (including phenoxy) is 1. The maximum absolute atomic E-state index is 9.32. The topological polar surface area (TPSA) is 42.6 Å². The molecular weight excluding hydrogens is 252 g/mol. The van der Waals surface area contributed by atoms with Gasteiger partial charge in [0.1, 0.15) is 11.5 Å². The zero-order chi connectivity index (χ0) is 12.8. The monoisotopic (exact) mass is 266 g/mol. The lowest BCUT2D eigenvalue weighted by Crippen LogP contribution is -2.18. The third-order valence-corrected chi connectivity index (χ3v) is 2.95. The Morgan fingerprint density at radius 3 is 2.72 bits per heavy atom. The minimum absolute atomic E-state index is 0.00702. The van der Waals surface area contributed by atoms with E-state index in [1.54, 1.807) is 12.3 Å². The first-order chi connectivity index (χ1) is 8.79. The number of aliphatic hydroxyl groups excluding tert-OH is 1. The molecule has 0 saturated heterocycles. The molecule has 2 rings (SSSR count). The van der Waals surface area contributed by atoms with Crippen molar-refractivity contribution in [2.75, 3.05) is 13.2 Å². The second-order valence-electron chi connectivity index (χ2n) is 4.07. The highest BCUT2D eigenvalue weighted by atomic mass is 35.5. The van der Waals surface area contributed by atoms with Crippen molar-refractivity contribution in [1.29, 1.82) is 0 Å². The van der Waals surface area contributed by atoms with E-state index in [1.807, 2.05) is 30.3 Å². The molecule has 3 nitrogen and oxygen atoms in total. The number of aliphatic hydroxyl groups is 1. The van der Waals surface area contributed by atoms with E-state index in [-0.39, 0.29) is 12.5 Å². The summed E-state index contributed by atoms with van der Waals surface area (Å²) >= 11 is 5.99. The van der Waals surface area contributed by atoms with Crippen molar-refractivity contribution in [1.82, 2.24) is 0 Å². The van der Waals surface area contributed by atoms with Crippen molar-refractivity contribution in [2.45, 2.75) is 6.42 Å². The molecule has 96 valence electrons. The predicted octanol–water partition coefficient (Wildman–Crippen LogP) is 3.16. The molecule has 2 aromatic rings. The minimum atomic E-state index is -0.00702. The van der Waals surface area contributed by atoms with E-state index in [1.165, 1.54) is 0 Å². The Labute approximate surface area is 111 Å². The number of furan rings is 1. The number of rotatable bonds is 6. The van der Waals surface area contributed by atoms with E-state index in [4.69, 9.17) is 20.8 Å². The number of halogens is 1. The van der Waals surface area contributed by atoms with Gasteiger partial charge in [-0.25, -0.2) is 0 Å². The highest BCUT2D eigenvalue weighted by molar-refractivity contribution is 6.32. The fraction of sp³-hybridized carbons (Fsp3) is 0.286. The Hall–Kier alpha value is -1.45. The van der Waals surface area contributed by atoms with E-state index < -0.39 is 0 Å². The van der Waals surface area contributed by atoms with Gasteiger partial charge in [0.05, 0.1) is 17.9 Å². The zero-order valence-corrected chi connectivity index (χ0v) is 10.6. The summed E-state index contributed by atoms with van der Waals surface area (Å²) in [5.41, 5.74) is 0. The predicted molar refractivity (Wildman–Crippen MR) is 69.9 cm³/mol. The second-order valence-corrected chi connectivity index (χ2v) is 4.48. The second kappa shape index (κ2) is 6.47. The smallest absolute Gasteiger partial charge is 0.137 e. The molecule has 1 unspecified atom stereocenters. The zero-order valence-electron chi connectivity index (χ0n) is 9.88. The van der Waals surface area contributed by atoms with Crippen LogP contribution in [0.2, 0.25) is 5.02 Å². The van der Waals surface area contributed by atoms with Crippen LogP contribution in [-0.4, -0.2) is 18.3 Å². The quantitative estimate of drug-likeness (QED) is 0.873. The van der Waals surface area contributed by atoms with Gasteiger partial charge in [-0.05, 0) is 24.3 Å². The van der Waals surface area contributed by atoms with E-state index in [9.17, 15) is 5.11 Å². The molecule has 0 radical (unpaired) electrons. The lowest BCUT2D eigenvalue weighted by atomic mass is 10.1. The highest BCUT2D eigenvalue weighted by Crippen LogP contribution is 2.24. The Bertz CT molecular complexity index is 468. The first-order valence-electron chi connectivity index (χ1n) is 5.80. The summed E-state index contributed by atoms with van der Waals surface area (Å²) in [7, 11) is 0. The Morgan fingerprint density at radius 2 is 2.06 bits per heavy atom. The number of benzene rings is 1. The first kappa shape index (κ1) is 13.0. The fourth-order valence-corrected chi connectivity index (χ4v) is 1.85. The number of hydrogen-bond acceptors (Lipinski definition) is 3. The van der Waals surface area contributed by atoms with Crippen molar-refractivity contribution in [3.63, 3.8) is 0 Å². The summed E-state index contributed by atoms with van der Waals surface area (Å²) in [6.07, 6.45) is 2.27. The largest absolute Gasteiger partial charge is 0.492 e. The van der Waals surface area contributed by atoms with Gasteiger partial charge in [0.25, 0.3) is 0 Å². The average Bonchev–Trinajstić information content (AvgIpc) is 2.89. The van der Waals surface area contributed by atoms with Crippen molar-refractivity contribution in [3.05, 3.63) is 53.4 Å². The summed E-state index contributed by atoms with van der Waals surface area (Å²) < 4.78 is 10.9. The molecule has 1 N–H and O–H groups in total. The van der Waals surface area contributed by atoms with Crippen LogP contribution in [0.1, 0.15) is 5.76 Å². The van der Waals surface area contributed by atoms with Crippen LogP contribution in [0, 0.1) is 5.92 Å². The maximum Gasteiger partial charge on any atom is 0.137 e. The standard InChI is InChI=1S/C14H15ClO3/c15-13-5-1-2-6-14(13)18-10-11(9-16)8-12-4-3-7-17-12/h1-7,11,16H,8-10H2. The van der Waals surface area contributed by atoms with Crippen LogP contribution < -0.4 is 4.74 Å².